The average Bonchev–Trinajstić information content (AvgIpc) is 3.08. The minimum absolute atomic E-state index is 0.156. The summed E-state index contributed by atoms with van der Waals surface area (Å²) in [6.07, 6.45) is 1.76. The van der Waals surface area contributed by atoms with Gasteiger partial charge in [0, 0.05) is 18.2 Å². The fraction of sp³-hybridized carbons (Fsp3) is 0.478. The number of piperidine rings is 1. The van der Waals surface area contributed by atoms with Gasteiger partial charge >= 0.3 is 0 Å². The van der Waals surface area contributed by atoms with Crippen LogP contribution in [0.15, 0.2) is 30.3 Å². The molecule has 1 fully saturated rings. The number of fused-ring (bicyclic) bond motifs is 1. The van der Waals surface area contributed by atoms with Crippen LogP contribution < -0.4 is 31.0 Å². The molecule has 5 N–H and O–H groups in total. The van der Waals surface area contributed by atoms with Crippen LogP contribution in [0.4, 0.5) is 15.8 Å². The van der Waals surface area contributed by atoms with Gasteiger partial charge in [-0.2, -0.15) is 4.39 Å². The molecule has 0 aliphatic carbocycles. The first-order valence-electron chi connectivity index (χ1n) is 10.9. The van der Waals surface area contributed by atoms with Gasteiger partial charge < -0.3 is 25.3 Å². The summed E-state index contributed by atoms with van der Waals surface area (Å²) in [6.45, 7) is 6.89. The number of ether oxygens (including phenoxy) is 3. The van der Waals surface area contributed by atoms with E-state index < -0.39 is 11.7 Å². The predicted molar refractivity (Wildman–Crippen MR) is 119 cm³/mol. The molecule has 1 unspecified atom stereocenters. The topological polar surface area (TPSA) is 95.0 Å². The van der Waals surface area contributed by atoms with Crippen molar-refractivity contribution in [3.8, 4) is 17.2 Å². The number of hydrogen-bond donors (Lipinski definition) is 3. The molecule has 0 spiro atoms. The Morgan fingerprint density at radius 1 is 1.13 bits per heavy atom. The van der Waals surface area contributed by atoms with Gasteiger partial charge in [0.2, 0.25) is 11.7 Å². The quantitative estimate of drug-likeness (QED) is 0.579. The van der Waals surface area contributed by atoms with E-state index in [4.69, 9.17) is 25.7 Å². The summed E-state index contributed by atoms with van der Waals surface area (Å²) in [4.78, 5) is 2.33. The minimum Gasteiger partial charge on any atom is -0.491 e. The fourth-order valence-corrected chi connectivity index (χ4v) is 4.35. The van der Waals surface area contributed by atoms with E-state index in [0.29, 0.717) is 25.4 Å². The molecule has 168 valence electrons. The average molecular weight is 431 g/mol. The number of benzene rings is 2. The SMILES string of the molecule is CCOc1cc(CN2CCC(C3(N)Nc4cc(N)ccc4O3)CC2)cc(OCC)c1F. The number of halogens is 1. The van der Waals surface area contributed by atoms with Crippen molar-refractivity contribution in [2.45, 2.75) is 39.1 Å². The fourth-order valence-electron chi connectivity index (χ4n) is 4.35. The number of likely N-dealkylation sites (tertiary alicyclic amines) is 1. The molecular weight excluding hydrogens is 399 g/mol. The molecule has 31 heavy (non-hydrogen) atoms. The standard InChI is InChI=1S/C23H31FN4O3/c1-3-29-20-11-15(12-21(22(20)24)30-4-2)14-28-9-7-16(8-10-28)23(26)27-18-13-17(25)5-6-19(18)31-23/h5-6,11-13,16,27H,3-4,7-10,14,25-26H2,1-2H3. The third-order valence-corrected chi connectivity index (χ3v) is 5.88. The maximum atomic E-state index is 14.5. The lowest BCUT2D eigenvalue weighted by molar-refractivity contribution is 0.0175. The van der Waals surface area contributed by atoms with Crippen molar-refractivity contribution < 1.29 is 18.6 Å². The van der Waals surface area contributed by atoms with Crippen molar-refractivity contribution >= 4 is 11.4 Å². The molecule has 1 atom stereocenters. The van der Waals surface area contributed by atoms with E-state index in [-0.39, 0.29) is 17.4 Å². The first kappa shape index (κ1) is 21.5. The summed E-state index contributed by atoms with van der Waals surface area (Å²) in [6, 6.07) is 9.03. The monoisotopic (exact) mass is 430 g/mol. The van der Waals surface area contributed by atoms with Crippen LogP contribution in [-0.2, 0) is 6.54 Å². The Labute approximate surface area is 182 Å². The van der Waals surface area contributed by atoms with E-state index >= 15 is 0 Å². The van der Waals surface area contributed by atoms with Crippen molar-refractivity contribution in [1.82, 2.24) is 4.90 Å². The zero-order valence-electron chi connectivity index (χ0n) is 18.1. The maximum absolute atomic E-state index is 14.5. The summed E-state index contributed by atoms with van der Waals surface area (Å²) in [5.74, 6) is -0.0102. The molecule has 0 radical (unpaired) electrons. The molecule has 1 saturated heterocycles. The summed E-state index contributed by atoms with van der Waals surface area (Å²) in [7, 11) is 0. The minimum atomic E-state index is -0.928. The lowest BCUT2D eigenvalue weighted by atomic mass is 9.91. The van der Waals surface area contributed by atoms with Crippen LogP contribution in [0.25, 0.3) is 0 Å². The van der Waals surface area contributed by atoms with Gasteiger partial charge in [0.15, 0.2) is 11.5 Å². The second-order valence-corrected chi connectivity index (χ2v) is 8.10. The van der Waals surface area contributed by atoms with E-state index in [1.165, 1.54) is 0 Å². The molecule has 0 aromatic heterocycles. The van der Waals surface area contributed by atoms with Crippen molar-refractivity contribution in [1.29, 1.82) is 0 Å². The Morgan fingerprint density at radius 2 is 1.77 bits per heavy atom. The van der Waals surface area contributed by atoms with Crippen LogP contribution >= 0.6 is 0 Å². The second kappa shape index (κ2) is 8.80. The normalized spacial score (nSPS) is 21.3. The van der Waals surface area contributed by atoms with E-state index in [9.17, 15) is 4.39 Å². The van der Waals surface area contributed by atoms with E-state index in [2.05, 4.69) is 10.2 Å². The molecule has 0 saturated carbocycles. The Kier molecular flexibility index (Phi) is 6.11. The number of nitrogens with one attached hydrogen (secondary N) is 1. The lowest BCUT2D eigenvalue weighted by Gasteiger charge is -2.39. The number of nitrogens with zero attached hydrogens (tertiary/aromatic N) is 1. The van der Waals surface area contributed by atoms with Gasteiger partial charge in [-0.1, -0.05) is 0 Å². The Hall–Kier alpha value is -2.71. The summed E-state index contributed by atoms with van der Waals surface area (Å²) in [5, 5.41) is 3.32. The highest BCUT2D eigenvalue weighted by Gasteiger charge is 2.43. The Balaban J connectivity index is 1.40. The maximum Gasteiger partial charge on any atom is 0.239 e. The van der Waals surface area contributed by atoms with Gasteiger partial charge in [-0.3, -0.25) is 10.6 Å². The first-order chi connectivity index (χ1) is 14.9. The van der Waals surface area contributed by atoms with E-state index in [0.717, 1.165) is 42.9 Å². The van der Waals surface area contributed by atoms with E-state index in [1.807, 2.05) is 32.0 Å². The molecule has 4 rings (SSSR count). The molecule has 0 bridgehead atoms. The molecule has 2 heterocycles. The van der Waals surface area contributed by atoms with Crippen molar-refractivity contribution in [2.75, 3.05) is 37.4 Å². The zero-order chi connectivity index (χ0) is 22.0. The lowest BCUT2D eigenvalue weighted by Crippen LogP contribution is -2.58. The smallest absolute Gasteiger partial charge is 0.239 e. The van der Waals surface area contributed by atoms with Gasteiger partial charge in [-0.05, 0) is 75.7 Å². The van der Waals surface area contributed by atoms with Crippen LogP contribution in [0.5, 0.6) is 17.2 Å². The molecular formula is C23H31FN4O3. The molecule has 2 aromatic rings. The van der Waals surface area contributed by atoms with Crippen LogP contribution in [0.2, 0.25) is 0 Å². The van der Waals surface area contributed by atoms with Gasteiger partial charge in [-0.15, -0.1) is 0 Å². The second-order valence-electron chi connectivity index (χ2n) is 8.10. The third-order valence-electron chi connectivity index (χ3n) is 5.88. The van der Waals surface area contributed by atoms with Crippen molar-refractivity contribution in [2.24, 2.45) is 11.7 Å². The molecule has 2 aliphatic heterocycles. The van der Waals surface area contributed by atoms with Gasteiger partial charge in [0.25, 0.3) is 0 Å². The molecule has 7 nitrogen and oxygen atoms in total. The van der Waals surface area contributed by atoms with Crippen LogP contribution in [0.1, 0.15) is 32.3 Å². The van der Waals surface area contributed by atoms with Gasteiger partial charge in [0.05, 0.1) is 18.9 Å². The molecule has 8 heteroatoms. The number of anilines is 2. The highest BCUT2D eigenvalue weighted by Crippen LogP contribution is 2.41. The summed E-state index contributed by atoms with van der Waals surface area (Å²) < 4.78 is 31.5. The van der Waals surface area contributed by atoms with Crippen LogP contribution in [-0.4, -0.2) is 37.1 Å². The zero-order valence-corrected chi connectivity index (χ0v) is 18.1. The number of rotatable bonds is 7. The Morgan fingerprint density at radius 3 is 2.39 bits per heavy atom. The molecule has 2 aliphatic rings. The van der Waals surface area contributed by atoms with E-state index in [1.54, 1.807) is 12.1 Å². The Bertz CT molecular complexity index is 906. The van der Waals surface area contributed by atoms with Crippen LogP contribution in [0, 0.1) is 11.7 Å². The van der Waals surface area contributed by atoms with Crippen molar-refractivity contribution in [3.63, 3.8) is 0 Å². The largest absolute Gasteiger partial charge is 0.491 e. The molecule has 0 amide bonds. The molecule has 2 aromatic carbocycles. The van der Waals surface area contributed by atoms with Gasteiger partial charge in [-0.25, -0.2) is 0 Å². The van der Waals surface area contributed by atoms with Crippen LogP contribution in [0.3, 0.4) is 0 Å². The number of nitrogen functional groups attached to an aromatic ring is 1. The summed E-state index contributed by atoms with van der Waals surface area (Å²) >= 11 is 0. The third kappa shape index (κ3) is 4.50. The van der Waals surface area contributed by atoms with Crippen molar-refractivity contribution in [3.05, 3.63) is 41.7 Å². The van der Waals surface area contributed by atoms with Gasteiger partial charge in [0.1, 0.15) is 5.75 Å². The number of hydrogen-bond acceptors (Lipinski definition) is 7. The number of nitrogens with two attached hydrogens (primary N) is 2. The summed E-state index contributed by atoms with van der Waals surface area (Å²) in [5.41, 5.74) is 14.9. The first-order valence-corrected chi connectivity index (χ1v) is 10.9. The highest BCUT2D eigenvalue weighted by atomic mass is 19.1. The predicted octanol–water partition coefficient (Wildman–Crippen LogP) is 3.53. The highest BCUT2D eigenvalue weighted by molar-refractivity contribution is 5.67.